The molecule has 0 bridgehead atoms. The summed E-state index contributed by atoms with van der Waals surface area (Å²) in [4.78, 5) is 29.1. The number of carbonyl (C=O) groups is 1. The Kier molecular flexibility index (Phi) is 6.32. The van der Waals surface area contributed by atoms with E-state index in [0.717, 1.165) is 24.4 Å². The van der Waals surface area contributed by atoms with Crippen LogP contribution in [0.2, 0.25) is 0 Å². The van der Waals surface area contributed by atoms with Gasteiger partial charge in [-0.2, -0.15) is 5.10 Å². The summed E-state index contributed by atoms with van der Waals surface area (Å²) in [5.74, 6) is 0.986. The summed E-state index contributed by atoms with van der Waals surface area (Å²) in [6.45, 7) is 5.75. The first-order valence-corrected chi connectivity index (χ1v) is 10.7. The molecule has 31 heavy (non-hydrogen) atoms. The van der Waals surface area contributed by atoms with Gasteiger partial charge in [0.15, 0.2) is 0 Å². The number of aryl methyl sites for hydroxylation is 1. The lowest BCUT2D eigenvalue weighted by Gasteiger charge is -2.38. The Bertz CT molecular complexity index is 1120. The van der Waals surface area contributed by atoms with Crippen LogP contribution >= 0.6 is 0 Å². The van der Waals surface area contributed by atoms with Crippen LogP contribution in [0.1, 0.15) is 24.9 Å². The maximum Gasteiger partial charge on any atom is 0.224 e. The van der Waals surface area contributed by atoms with Gasteiger partial charge in [0, 0.05) is 44.0 Å². The van der Waals surface area contributed by atoms with Gasteiger partial charge in [-0.15, -0.1) is 0 Å². The highest BCUT2D eigenvalue weighted by Crippen LogP contribution is 2.25. The maximum atomic E-state index is 12.8. The topological polar surface area (TPSA) is 67.7 Å². The van der Waals surface area contributed by atoms with Crippen LogP contribution in [0.5, 0.6) is 5.75 Å². The molecule has 162 valence electrons. The molecule has 1 unspecified atom stereocenters. The molecule has 4 rings (SSSR count). The maximum absolute atomic E-state index is 12.8. The van der Waals surface area contributed by atoms with Crippen LogP contribution in [0, 0.1) is 0 Å². The van der Waals surface area contributed by atoms with Crippen molar-refractivity contribution in [1.29, 1.82) is 0 Å². The van der Waals surface area contributed by atoms with E-state index in [-0.39, 0.29) is 17.4 Å². The summed E-state index contributed by atoms with van der Waals surface area (Å²) in [7, 11) is 1.68. The van der Waals surface area contributed by atoms with Crippen molar-refractivity contribution in [3.8, 4) is 5.75 Å². The van der Waals surface area contributed by atoms with Crippen molar-refractivity contribution in [1.82, 2.24) is 19.6 Å². The van der Waals surface area contributed by atoms with E-state index < -0.39 is 0 Å². The van der Waals surface area contributed by atoms with Crippen LogP contribution in [0.4, 0.5) is 0 Å². The summed E-state index contributed by atoms with van der Waals surface area (Å²) < 4.78 is 7.09. The van der Waals surface area contributed by atoms with Gasteiger partial charge in [-0.1, -0.05) is 24.3 Å². The number of fused-ring (bicyclic) bond motifs is 1. The lowest BCUT2D eigenvalue weighted by atomic mass is 10.1. The fourth-order valence-corrected chi connectivity index (χ4v) is 4.17. The van der Waals surface area contributed by atoms with E-state index in [0.29, 0.717) is 31.4 Å². The van der Waals surface area contributed by atoms with E-state index in [1.54, 1.807) is 17.9 Å². The predicted molar refractivity (Wildman–Crippen MR) is 120 cm³/mol. The van der Waals surface area contributed by atoms with Crippen molar-refractivity contribution < 1.29 is 9.53 Å². The monoisotopic (exact) mass is 420 g/mol. The van der Waals surface area contributed by atoms with Crippen LogP contribution in [-0.4, -0.2) is 58.8 Å². The van der Waals surface area contributed by atoms with Crippen molar-refractivity contribution >= 4 is 16.8 Å². The smallest absolute Gasteiger partial charge is 0.224 e. The molecule has 1 aliphatic heterocycles. The average molecular weight is 421 g/mol. The fraction of sp³-hybridized carbons (Fsp3) is 0.375. The van der Waals surface area contributed by atoms with Crippen molar-refractivity contribution in [2.45, 2.75) is 25.9 Å². The highest BCUT2D eigenvalue weighted by Gasteiger charge is 2.25. The highest BCUT2D eigenvalue weighted by atomic mass is 16.5. The number of ether oxygens (including phenoxy) is 1. The molecule has 0 radical (unpaired) electrons. The third kappa shape index (κ3) is 4.61. The van der Waals surface area contributed by atoms with Gasteiger partial charge in [0.2, 0.25) is 11.3 Å². The number of piperazine rings is 1. The van der Waals surface area contributed by atoms with Crippen molar-refractivity contribution in [3.63, 3.8) is 0 Å². The van der Waals surface area contributed by atoms with Crippen LogP contribution in [-0.2, 0) is 11.3 Å². The number of hydrogen-bond acceptors (Lipinski definition) is 5. The summed E-state index contributed by atoms with van der Waals surface area (Å²) in [6.07, 6.45) is 1.69. The molecule has 1 saturated heterocycles. The average Bonchev–Trinajstić information content (AvgIpc) is 2.83. The van der Waals surface area contributed by atoms with E-state index in [9.17, 15) is 9.59 Å². The number of carbonyl (C=O) groups excluding carboxylic acids is 1. The number of amides is 1. The van der Waals surface area contributed by atoms with E-state index in [1.807, 2.05) is 35.2 Å². The summed E-state index contributed by atoms with van der Waals surface area (Å²) in [5.41, 5.74) is 1.88. The van der Waals surface area contributed by atoms with E-state index in [4.69, 9.17) is 4.74 Å². The van der Waals surface area contributed by atoms with Gasteiger partial charge in [0.1, 0.15) is 5.75 Å². The summed E-state index contributed by atoms with van der Waals surface area (Å²) in [6, 6.07) is 15.8. The number of rotatable bonds is 6. The minimum absolute atomic E-state index is 0.0977. The SMILES string of the molecule is COc1cccc(C(C)N2CCN(C(=O)CCn3ncc(=O)c4ccccc43)CC2)c1. The molecular formula is C24H28N4O3. The molecule has 0 aliphatic carbocycles. The van der Waals surface area contributed by atoms with Gasteiger partial charge in [-0.25, -0.2) is 0 Å². The van der Waals surface area contributed by atoms with E-state index >= 15 is 0 Å². The Morgan fingerprint density at radius 3 is 2.65 bits per heavy atom. The number of methoxy groups -OCH3 is 1. The first kappa shape index (κ1) is 21.1. The molecule has 1 aromatic heterocycles. The normalized spacial score (nSPS) is 15.7. The standard InChI is InChI=1S/C24H28N4O3/c1-18(19-6-5-7-20(16-19)31-2)26-12-14-27(15-13-26)24(30)10-11-28-22-9-4-3-8-21(22)23(29)17-25-28/h3-9,16-18H,10-15H2,1-2H3. The molecule has 0 saturated carbocycles. The third-order valence-electron chi connectivity index (χ3n) is 6.09. The molecule has 1 aliphatic rings. The van der Waals surface area contributed by atoms with Gasteiger partial charge in [0.05, 0.1) is 25.4 Å². The Morgan fingerprint density at radius 1 is 1.10 bits per heavy atom. The minimum atomic E-state index is -0.0977. The molecular weight excluding hydrogens is 392 g/mol. The van der Waals surface area contributed by atoms with Gasteiger partial charge < -0.3 is 9.64 Å². The zero-order chi connectivity index (χ0) is 21.8. The number of aromatic nitrogens is 2. The van der Waals surface area contributed by atoms with Crippen molar-refractivity contribution in [3.05, 3.63) is 70.5 Å². The molecule has 1 fully saturated rings. The van der Waals surface area contributed by atoms with Crippen molar-refractivity contribution in [2.24, 2.45) is 0 Å². The zero-order valence-electron chi connectivity index (χ0n) is 18.0. The second-order valence-corrected chi connectivity index (χ2v) is 7.87. The molecule has 2 aromatic carbocycles. The Balaban J connectivity index is 1.34. The Labute approximate surface area is 181 Å². The van der Waals surface area contributed by atoms with Crippen LogP contribution in [0.15, 0.2) is 59.5 Å². The highest BCUT2D eigenvalue weighted by molar-refractivity contribution is 5.79. The van der Waals surface area contributed by atoms with Crippen molar-refractivity contribution in [2.75, 3.05) is 33.3 Å². The van der Waals surface area contributed by atoms with Gasteiger partial charge in [0.25, 0.3) is 0 Å². The molecule has 2 heterocycles. The Hall–Kier alpha value is -3.19. The van der Waals surface area contributed by atoms with Gasteiger partial charge in [-0.3, -0.25) is 19.2 Å². The fourth-order valence-electron chi connectivity index (χ4n) is 4.17. The summed E-state index contributed by atoms with van der Waals surface area (Å²) >= 11 is 0. The number of para-hydroxylation sites is 1. The molecule has 0 spiro atoms. The van der Waals surface area contributed by atoms with Gasteiger partial charge >= 0.3 is 0 Å². The number of hydrogen-bond donors (Lipinski definition) is 0. The second-order valence-electron chi connectivity index (χ2n) is 7.87. The third-order valence-corrected chi connectivity index (χ3v) is 6.09. The van der Waals surface area contributed by atoms with Gasteiger partial charge in [-0.05, 0) is 36.8 Å². The largest absolute Gasteiger partial charge is 0.497 e. The number of benzene rings is 2. The first-order valence-electron chi connectivity index (χ1n) is 10.7. The van der Waals surface area contributed by atoms with E-state index in [1.165, 1.54) is 11.8 Å². The van der Waals surface area contributed by atoms with Crippen LogP contribution in [0.25, 0.3) is 10.9 Å². The second kappa shape index (κ2) is 9.31. The van der Waals surface area contributed by atoms with Crippen LogP contribution < -0.4 is 10.2 Å². The molecule has 1 atom stereocenters. The molecule has 3 aromatic rings. The lowest BCUT2D eigenvalue weighted by molar-refractivity contribution is -0.133. The molecule has 0 N–H and O–H groups in total. The number of nitrogens with zero attached hydrogens (tertiary/aromatic N) is 4. The molecule has 7 nitrogen and oxygen atoms in total. The Morgan fingerprint density at radius 2 is 1.87 bits per heavy atom. The lowest BCUT2D eigenvalue weighted by Crippen LogP contribution is -2.49. The first-order chi connectivity index (χ1) is 15.1. The van der Waals surface area contributed by atoms with E-state index in [2.05, 4.69) is 29.1 Å². The molecule has 1 amide bonds. The predicted octanol–water partition coefficient (Wildman–Crippen LogP) is 2.70. The van der Waals surface area contributed by atoms with Crippen LogP contribution in [0.3, 0.4) is 0 Å². The quantitative estimate of drug-likeness (QED) is 0.613. The minimum Gasteiger partial charge on any atom is -0.497 e. The summed E-state index contributed by atoms with van der Waals surface area (Å²) in [5, 5.41) is 4.85. The zero-order valence-corrected chi connectivity index (χ0v) is 18.0. The molecule has 7 heteroatoms.